The first-order chi connectivity index (χ1) is 14.8. The molecule has 0 radical (unpaired) electrons. The van der Waals surface area contributed by atoms with E-state index in [1.807, 2.05) is 0 Å². The molecule has 32 heavy (non-hydrogen) atoms. The van der Waals surface area contributed by atoms with Crippen molar-refractivity contribution in [3.8, 4) is 22.4 Å². The lowest BCUT2D eigenvalue weighted by atomic mass is 9.98. The van der Waals surface area contributed by atoms with E-state index in [1.54, 1.807) is 0 Å². The number of hydrogen-bond acceptors (Lipinski definition) is 7. The van der Waals surface area contributed by atoms with Gasteiger partial charge in [-0.1, -0.05) is 59.6 Å². The summed E-state index contributed by atoms with van der Waals surface area (Å²) in [7, 11) is -3.77. The van der Waals surface area contributed by atoms with Gasteiger partial charge in [-0.3, -0.25) is 4.21 Å². The molecule has 0 aliphatic carbocycles. The normalized spacial score (nSPS) is 13.2. The third-order valence-corrected chi connectivity index (χ3v) is 5.62. The number of anilines is 1. The minimum absolute atomic E-state index is 0.111. The molecule has 0 spiro atoms. The molecule has 1 unspecified atom stereocenters. The Morgan fingerprint density at radius 1 is 0.938 bits per heavy atom. The standard InChI is InChI=1S/C19H17F3N4O4S2/c20-19(21,22)18-25-16(14-7-1-11(2-8-14)9-31(27)28)15(17(23)26-18)13-5-3-12(4-6-13)10-32(24,29)30/h1-8H,9-10H2,(H,27,28)(H2,23,25,26)(H2,24,29,30)/p-1. The van der Waals surface area contributed by atoms with Crippen molar-refractivity contribution in [1.29, 1.82) is 0 Å². The van der Waals surface area contributed by atoms with Gasteiger partial charge < -0.3 is 10.3 Å². The van der Waals surface area contributed by atoms with Crippen LogP contribution >= 0.6 is 0 Å². The van der Waals surface area contributed by atoms with Gasteiger partial charge in [-0.15, -0.1) is 0 Å². The van der Waals surface area contributed by atoms with Gasteiger partial charge in [-0.2, -0.15) is 13.2 Å². The van der Waals surface area contributed by atoms with Gasteiger partial charge in [-0.05, 0) is 16.7 Å². The number of nitrogens with zero attached hydrogens (tertiary/aromatic N) is 2. The monoisotopic (exact) mass is 485 g/mol. The Morgan fingerprint density at radius 2 is 1.47 bits per heavy atom. The summed E-state index contributed by atoms with van der Waals surface area (Å²) in [6, 6.07) is 11.6. The molecule has 4 N–H and O–H groups in total. The third kappa shape index (κ3) is 5.88. The number of alkyl halides is 3. The van der Waals surface area contributed by atoms with Gasteiger partial charge in [0.25, 0.3) is 0 Å². The molecule has 0 aliphatic heterocycles. The Hall–Kier alpha value is -2.87. The van der Waals surface area contributed by atoms with Crippen molar-refractivity contribution in [3.63, 3.8) is 0 Å². The Balaban J connectivity index is 2.14. The van der Waals surface area contributed by atoms with Gasteiger partial charge in [0.2, 0.25) is 15.8 Å². The van der Waals surface area contributed by atoms with Gasteiger partial charge in [0, 0.05) is 11.3 Å². The van der Waals surface area contributed by atoms with Crippen molar-refractivity contribution in [2.75, 3.05) is 5.73 Å². The molecular formula is C19H16F3N4O4S2-. The molecule has 13 heteroatoms. The maximum absolute atomic E-state index is 13.3. The van der Waals surface area contributed by atoms with Gasteiger partial charge in [-0.25, -0.2) is 23.5 Å². The number of rotatable bonds is 6. The van der Waals surface area contributed by atoms with Crippen LogP contribution in [0.1, 0.15) is 17.0 Å². The van der Waals surface area contributed by atoms with Crippen LogP contribution in [0.3, 0.4) is 0 Å². The number of primary sulfonamides is 1. The van der Waals surface area contributed by atoms with Gasteiger partial charge in [0.15, 0.2) is 0 Å². The van der Waals surface area contributed by atoms with E-state index in [1.165, 1.54) is 48.5 Å². The SMILES string of the molecule is Nc1nc(C(F)(F)F)nc(-c2ccc(CS(=O)[O-])cc2)c1-c1ccc(CS(N)(=O)=O)cc1. The van der Waals surface area contributed by atoms with Crippen molar-refractivity contribution in [1.82, 2.24) is 9.97 Å². The fraction of sp³-hybridized carbons (Fsp3) is 0.158. The number of nitrogen functional groups attached to an aromatic ring is 1. The Labute approximate surface area is 183 Å². The molecule has 3 aromatic rings. The van der Waals surface area contributed by atoms with Crippen molar-refractivity contribution in [2.45, 2.75) is 17.7 Å². The zero-order chi connectivity index (χ0) is 23.7. The number of benzene rings is 2. The fourth-order valence-corrected chi connectivity index (χ4v) is 4.11. The van der Waals surface area contributed by atoms with Crippen LogP contribution in [-0.4, -0.2) is 27.1 Å². The molecular weight excluding hydrogens is 469 g/mol. The van der Waals surface area contributed by atoms with Gasteiger partial charge in [0.05, 0.1) is 17.0 Å². The first-order valence-corrected chi connectivity index (χ1v) is 11.8. The quantitative estimate of drug-likeness (QED) is 0.509. The summed E-state index contributed by atoms with van der Waals surface area (Å²) in [5.74, 6) is -2.52. The summed E-state index contributed by atoms with van der Waals surface area (Å²) in [4.78, 5) is 7.06. The zero-order valence-corrected chi connectivity index (χ0v) is 17.8. The minimum atomic E-state index is -4.85. The summed E-state index contributed by atoms with van der Waals surface area (Å²) >= 11 is -2.33. The second-order valence-corrected chi connectivity index (χ2v) is 9.31. The van der Waals surface area contributed by atoms with E-state index in [0.717, 1.165) is 0 Å². The first kappa shape index (κ1) is 23.8. The first-order valence-electron chi connectivity index (χ1n) is 8.83. The fourth-order valence-electron chi connectivity index (χ4n) is 2.99. The minimum Gasteiger partial charge on any atom is -0.772 e. The lowest BCUT2D eigenvalue weighted by Crippen LogP contribution is -2.15. The lowest BCUT2D eigenvalue weighted by Gasteiger charge is -2.15. The van der Waals surface area contributed by atoms with E-state index >= 15 is 0 Å². The smallest absolute Gasteiger partial charge is 0.451 e. The second kappa shape index (κ2) is 8.94. The van der Waals surface area contributed by atoms with Crippen molar-refractivity contribution in [2.24, 2.45) is 5.14 Å². The van der Waals surface area contributed by atoms with E-state index in [9.17, 15) is 30.4 Å². The number of aromatic nitrogens is 2. The lowest BCUT2D eigenvalue weighted by molar-refractivity contribution is -0.144. The molecule has 1 heterocycles. The summed E-state index contributed by atoms with van der Waals surface area (Å²) in [6.07, 6.45) is -4.85. The molecule has 0 amide bonds. The molecule has 0 saturated carbocycles. The molecule has 1 atom stereocenters. The highest BCUT2D eigenvalue weighted by Gasteiger charge is 2.36. The molecule has 1 aromatic heterocycles. The van der Waals surface area contributed by atoms with Crippen LogP contribution in [0, 0.1) is 0 Å². The molecule has 2 aromatic carbocycles. The Kier molecular flexibility index (Phi) is 6.64. The predicted octanol–water partition coefficient (Wildman–Crippen LogP) is 2.58. The van der Waals surface area contributed by atoms with Crippen LogP contribution in [0.4, 0.5) is 19.0 Å². The molecule has 0 bridgehead atoms. The number of halogens is 3. The number of nitrogens with two attached hydrogens (primary N) is 2. The van der Waals surface area contributed by atoms with Crippen LogP contribution in [-0.2, 0) is 38.8 Å². The second-order valence-electron chi connectivity index (χ2n) is 6.80. The summed E-state index contributed by atoms with van der Waals surface area (Å²) in [6.45, 7) is 0. The van der Waals surface area contributed by atoms with E-state index in [2.05, 4.69) is 9.97 Å². The van der Waals surface area contributed by atoms with Crippen LogP contribution in [0.5, 0.6) is 0 Å². The van der Waals surface area contributed by atoms with E-state index < -0.39 is 44.7 Å². The van der Waals surface area contributed by atoms with E-state index in [-0.39, 0.29) is 22.6 Å². The maximum Gasteiger partial charge on any atom is 0.451 e. The topological polar surface area (TPSA) is 152 Å². The van der Waals surface area contributed by atoms with Crippen LogP contribution in [0.2, 0.25) is 0 Å². The summed E-state index contributed by atoms with van der Waals surface area (Å²) < 4.78 is 84.2. The van der Waals surface area contributed by atoms with Crippen LogP contribution in [0.15, 0.2) is 48.5 Å². The van der Waals surface area contributed by atoms with Crippen LogP contribution in [0.25, 0.3) is 22.4 Å². The number of hydrogen-bond donors (Lipinski definition) is 2. The molecule has 170 valence electrons. The molecule has 0 saturated heterocycles. The maximum atomic E-state index is 13.3. The summed E-state index contributed by atoms with van der Waals surface area (Å²) in [5, 5.41) is 5.03. The summed E-state index contributed by atoms with van der Waals surface area (Å²) in [5.41, 5.74) is 7.30. The highest BCUT2D eigenvalue weighted by molar-refractivity contribution is 7.88. The third-order valence-electron chi connectivity index (χ3n) is 4.31. The highest BCUT2D eigenvalue weighted by Crippen LogP contribution is 2.38. The molecule has 0 fully saturated rings. The van der Waals surface area contributed by atoms with E-state index in [0.29, 0.717) is 16.7 Å². The Bertz CT molecular complexity index is 1260. The van der Waals surface area contributed by atoms with Gasteiger partial charge >= 0.3 is 6.18 Å². The Morgan fingerprint density at radius 3 is 1.97 bits per heavy atom. The zero-order valence-electron chi connectivity index (χ0n) is 16.2. The average molecular weight is 485 g/mol. The van der Waals surface area contributed by atoms with Crippen molar-refractivity contribution < 1.29 is 30.4 Å². The van der Waals surface area contributed by atoms with Gasteiger partial charge in [0.1, 0.15) is 5.82 Å². The van der Waals surface area contributed by atoms with E-state index in [4.69, 9.17) is 10.9 Å². The molecule has 0 aliphatic rings. The number of sulfonamides is 1. The predicted molar refractivity (Wildman–Crippen MR) is 112 cm³/mol. The van der Waals surface area contributed by atoms with Crippen molar-refractivity contribution in [3.05, 3.63) is 65.5 Å². The highest BCUT2D eigenvalue weighted by atomic mass is 32.2. The molecule has 3 rings (SSSR count). The largest absolute Gasteiger partial charge is 0.772 e. The average Bonchev–Trinajstić information content (AvgIpc) is 2.66. The molecule has 8 nitrogen and oxygen atoms in total. The van der Waals surface area contributed by atoms with Crippen molar-refractivity contribution >= 4 is 26.9 Å². The van der Waals surface area contributed by atoms with Crippen LogP contribution < -0.4 is 10.9 Å².